The summed E-state index contributed by atoms with van der Waals surface area (Å²) < 4.78 is 16.0. The highest BCUT2D eigenvalue weighted by Crippen LogP contribution is 2.31. The lowest BCUT2D eigenvalue weighted by Crippen LogP contribution is -2.54. The Morgan fingerprint density at radius 1 is 1.12 bits per heavy atom. The number of carboxylic acids is 1. The third-order valence-electron chi connectivity index (χ3n) is 4.66. The molecule has 1 atom stereocenters. The normalized spacial score (nSPS) is 15.8. The number of barbiturate groups is 1. The summed E-state index contributed by atoms with van der Waals surface area (Å²) in [6.07, 6.45) is 0.205. The molecule has 4 amide bonds. The summed E-state index contributed by atoms with van der Waals surface area (Å²) in [6.45, 7) is 3.40. The van der Waals surface area contributed by atoms with Gasteiger partial charge in [-0.05, 0) is 61.9 Å². The second kappa shape index (κ2) is 9.86. The van der Waals surface area contributed by atoms with E-state index in [4.69, 9.17) is 19.3 Å². The molecule has 0 radical (unpaired) electrons. The molecule has 0 aliphatic carbocycles. The van der Waals surface area contributed by atoms with Crippen LogP contribution in [-0.2, 0) is 14.4 Å². The number of benzene rings is 2. The molecule has 1 fully saturated rings. The van der Waals surface area contributed by atoms with E-state index in [-0.39, 0.29) is 29.4 Å². The Bertz CT molecular complexity index is 1120. The fourth-order valence-electron chi connectivity index (χ4n) is 3.01. The van der Waals surface area contributed by atoms with Gasteiger partial charge in [-0.1, -0.05) is 6.07 Å². The van der Waals surface area contributed by atoms with Crippen LogP contribution in [-0.4, -0.2) is 48.7 Å². The molecule has 33 heavy (non-hydrogen) atoms. The Morgan fingerprint density at radius 3 is 2.42 bits per heavy atom. The van der Waals surface area contributed by atoms with Crippen LogP contribution < -0.4 is 24.4 Å². The van der Waals surface area contributed by atoms with E-state index in [1.165, 1.54) is 50.4 Å². The molecule has 2 aromatic carbocycles. The molecule has 1 heterocycles. The first-order chi connectivity index (χ1) is 15.7. The zero-order valence-corrected chi connectivity index (χ0v) is 18.2. The minimum atomic E-state index is -1.14. The van der Waals surface area contributed by atoms with Crippen LogP contribution in [0, 0.1) is 0 Å². The number of methoxy groups -OCH3 is 1. The lowest BCUT2D eigenvalue weighted by molar-refractivity contribution is -0.144. The highest BCUT2D eigenvalue weighted by atomic mass is 16.5. The van der Waals surface area contributed by atoms with Gasteiger partial charge >= 0.3 is 12.0 Å². The second-order valence-electron chi connectivity index (χ2n) is 6.89. The topological polar surface area (TPSA) is 131 Å². The maximum atomic E-state index is 13.0. The first-order valence-electron chi connectivity index (χ1n) is 9.97. The number of hydrogen-bond donors (Lipinski definition) is 2. The average Bonchev–Trinajstić information content (AvgIpc) is 2.78. The van der Waals surface area contributed by atoms with Crippen molar-refractivity contribution in [3.05, 3.63) is 53.6 Å². The highest BCUT2D eigenvalue weighted by molar-refractivity contribution is 6.39. The smallest absolute Gasteiger partial charge is 0.344 e. The molecule has 10 nitrogen and oxygen atoms in total. The summed E-state index contributed by atoms with van der Waals surface area (Å²) in [5, 5.41) is 11.2. The molecule has 3 rings (SSSR count). The van der Waals surface area contributed by atoms with Crippen LogP contribution in [0.15, 0.2) is 48.0 Å². The van der Waals surface area contributed by atoms with Crippen molar-refractivity contribution in [2.24, 2.45) is 0 Å². The summed E-state index contributed by atoms with van der Waals surface area (Å²) in [5.41, 5.74) is 0.412. The molecular weight excluding hydrogens is 432 g/mol. The molecule has 1 aliphatic rings. The molecule has 1 saturated heterocycles. The number of ether oxygens (including phenoxy) is 3. The van der Waals surface area contributed by atoms with Crippen molar-refractivity contribution in [2.75, 3.05) is 18.6 Å². The van der Waals surface area contributed by atoms with Gasteiger partial charge in [0, 0.05) is 0 Å². The van der Waals surface area contributed by atoms with Gasteiger partial charge in [0.05, 0.1) is 19.4 Å². The largest absolute Gasteiger partial charge is 0.497 e. The van der Waals surface area contributed by atoms with Crippen LogP contribution >= 0.6 is 0 Å². The third kappa shape index (κ3) is 5.12. The van der Waals surface area contributed by atoms with E-state index in [0.717, 1.165) is 4.90 Å². The van der Waals surface area contributed by atoms with Gasteiger partial charge in [-0.25, -0.2) is 14.5 Å². The molecule has 0 saturated carbocycles. The van der Waals surface area contributed by atoms with Crippen LogP contribution in [0.25, 0.3) is 6.08 Å². The van der Waals surface area contributed by atoms with Gasteiger partial charge in [0.2, 0.25) is 0 Å². The van der Waals surface area contributed by atoms with E-state index in [2.05, 4.69) is 5.32 Å². The summed E-state index contributed by atoms with van der Waals surface area (Å²) >= 11 is 0. The zero-order chi connectivity index (χ0) is 24.1. The second-order valence-corrected chi connectivity index (χ2v) is 6.89. The molecular formula is C23H22N2O8. The number of carboxylic acid groups (broad SMARTS) is 1. The summed E-state index contributed by atoms with van der Waals surface area (Å²) in [5.74, 6) is -1.80. The van der Waals surface area contributed by atoms with Crippen molar-refractivity contribution < 1.29 is 38.5 Å². The predicted molar refractivity (Wildman–Crippen MR) is 117 cm³/mol. The molecule has 172 valence electrons. The van der Waals surface area contributed by atoms with Crippen molar-refractivity contribution in [3.63, 3.8) is 0 Å². The first-order valence-corrected chi connectivity index (χ1v) is 9.97. The molecule has 1 aliphatic heterocycles. The van der Waals surface area contributed by atoms with Crippen LogP contribution in [0.3, 0.4) is 0 Å². The van der Waals surface area contributed by atoms with Crippen LogP contribution in [0.4, 0.5) is 10.5 Å². The van der Waals surface area contributed by atoms with E-state index in [1.807, 2.05) is 0 Å². The minimum absolute atomic E-state index is 0.198. The van der Waals surface area contributed by atoms with E-state index < -0.39 is 29.9 Å². The number of amides is 4. The summed E-state index contributed by atoms with van der Waals surface area (Å²) in [7, 11) is 1.49. The van der Waals surface area contributed by atoms with E-state index in [0.29, 0.717) is 11.3 Å². The number of aliphatic carboxylic acids is 1. The highest BCUT2D eigenvalue weighted by Gasteiger charge is 2.36. The number of imide groups is 2. The van der Waals surface area contributed by atoms with Gasteiger partial charge < -0.3 is 19.3 Å². The SMILES string of the molecule is CCOc1cc(/C=C2/C(=O)NC(=O)N(c3ccc(OC)cc3)C2=O)ccc1O[C@H](C)C(=O)O. The van der Waals surface area contributed by atoms with Crippen LogP contribution in [0.5, 0.6) is 17.2 Å². The Morgan fingerprint density at radius 2 is 1.82 bits per heavy atom. The Labute approximate surface area is 189 Å². The van der Waals surface area contributed by atoms with E-state index in [9.17, 15) is 19.2 Å². The van der Waals surface area contributed by atoms with E-state index >= 15 is 0 Å². The van der Waals surface area contributed by atoms with Crippen LogP contribution in [0.1, 0.15) is 19.4 Å². The van der Waals surface area contributed by atoms with Crippen molar-refractivity contribution in [3.8, 4) is 17.2 Å². The third-order valence-corrected chi connectivity index (χ3v) is 4.66. The van der Waals surface area contributed by atoms with Crippen molar-refractivity contribution in [1.82, 2.24) is 5.32 Å². The number of anilines is 1. The standard InChI is InChI=1S/C23H22N2O8/c1-4-32-19-12-14(5-10-18(19)33-13(2)22(28)29)11-17-20(26)24-23(30)25(21(17)27)15-6-8-16(31-3)9-7-15/h5-13H,4H2,1-3H3,(H,28,29)(H,24,26,30)/b17-11-/t13-/m1/s1. The van der Waals surface area contributed by atoms with Crippen molar-refractivity contribution in [1.29, 1.82) is 0 Å². The lowest BCUT2D eigenvalue weighted by Gasteiger charge is -2.26. The monoisotopic (exact) mass is 454 g/mol. The number of carbonyl (C=O) groups is 4. The Balaban J connectivity index is 1.95. The molecule has 0 spiro atoms. The molecule has 0 bridgehead atoms. The fraction of sp³-hybridized carbons (Fsp3) is 0.217. The van der Waals surface area contributed by atoms with Gasteiger partial charge in [0.1, 0.15) is 11.3 Å². The number of urea groups is 1. The Kier molecular flexibility index (Phi) is 6.97. The lowest BCUT2D eigenvalue weighted by atomic mass is 10.1. The van der Waals surface area contributed by atoms with Gasteiger partial charge in [-0.2, -0.15) is 0 Å². The van der Waals surface area contributed by atoms with Gasteiger partial charge in [-0.3, -0.25) is 14.9 Å². The fourth-order valence-corrected chi connectivity index (χ4v) is 3.01. The average molecular weight is 454 g/mol. The summed E-state index contributed by atoms with van der Waals surface area (Å²) in [4.78, 5) is 49.7. The van der Waals surface area contributed by atoms with Gasteiger partial charge in [-0.15, -0.1) is 0 Å². The molecule has 10 heteroatoms. The maximum Gasteiger partial charge on any atom is 0.344 e. The predicted octanol–water partition coefficient (Wildman–Crippen LogP) is 2.61. The first kappa shape index (κ1) is 23.3. The molecule has 2 N–H and O–H groups in total. The maximum absolute atomic E-state index is 13.0. The van der Waals surface area contributed by atoms with Crippen molar-refractivity contribution >= 4 is 35.6 Å². The zero-order valence-electron chi connectivity index (χ0n) is 18.2. The Hall–Kier alpha value is -4.34. The number of nitrogens with one attached hydrogen (secondary N) is 1. The van der Waals surface area contributed by atoms with E-state index in [1.54, 1.807) is 19.1 Å². The quantitative estimate of drug-likeness (QED) is 0.460. The molecule has 2 aromatic rings. The van der Waals surface area contributed by atoms with Crippen molar-refractivity contribution in [2.45, 2.75) is 20.0 Å². The number of rotatable bonds is 8. The van der Waals surface area contributed by atoms with Crippen LogP contribution in [0.2, 0.25) is 0 Å². The van der Waals surface area contributed by atoms with Gasteiger partial charge in [0.25, 0.3) is 11.8 Å². The number of hydrogen-bond acceptors (Lipinski definition) is 7. The minimum Gasteiger partial charge on any atom is -0.497 e. The van der Waals surface area contributed by atoms with Gasteiger partial charge in [0.15, 0.2) is 17.6 Å². The molecule has 0 unspecified atom stereocenters. The summed E-state index contributed by atoms with van der Waals surface area (Å²) in [6, 6.07) is 9.87. The molecule has 0 aromatic heterocycles. The number of carbonyl (C=O) groups excluding carboxylic acids is 3. The number of nitrogens with zero attached hydrogens (tertiary/aromatic N) is 1.